The topological polar surface area (TPSA) is 69.3 Å². The van der Waals surface area contributed by atoms with Gasteiger partial charge in [0, 0.05) is 31.5 Å². The predicted octanol–water partition coefficient (Wildman–Crippen LogP) is 4.03. The molecular weight excluding hydrogens is 435 g/mol. The Morgan fingerprint density at radius 1 is 1.12 bits per heavy atom. The van der Waals surface area contributed by atoms with Crippen molar-refractivity contribution in [2.45, 2.75) is 46.0 Å². The lowest BCUT2D eigenvalue weighted by Crippen LogP contribution is -2.43. The molecule has 3 heterocycles. The lowest BCUT2D eigenvalue weighted by molar-refractivity contribution is -0.129. The van der Waals surface area contributed by atoms with Gasteiger partial charge in [-0.25, -0.2) is 8.78 Å². The molecule has 0 aromatic carbocycles. The molecule has 0 spiro atoms. The van der Waals surface area contributed by atoms with Crippen LogP contribution in [0.25, 0.3) is 0 Å². The first-order valence-corrected chi connectivity index (χ1v) is 10.4. The van der Waals surface area contributed by atoms with E-state index in [9.17, 15) is 31.5 Å². The Bertz CT molecular complexity index is 1000. The number of hydrogen-bond acceptors (Lipinski definition) is 3. The van der Waals surface area contributed by atoms with Crippen molar-refractivity contribution in [1.82, 2.24) is 20.0 Å². The van der Waals surface area contributed by atoms with Crippen LogP contribution in [-0.4, -0.2) is 51.1 Å². The van der Waals surface area contributed by atoms with E-state index in [1.807, 2.05) is 0 Å². The van der Waals surface area contributed by atoms with Crippen molar-refractivity contribution in [3.63, 3.8) is 0 Å². The maximum Gasteiger partial charge on any atom is 0.415 e. The van der Waals surface area contributed by atoms with Crippen molar-refractivity contribution in [3.05, 3.63) is 40.3 Å². The number of nitrogens with one attached hydrogen (secondary N) is 1. The minimum atomic E-state index is -4.97. The molecule has 32 heavy (non-hydrogen) atoms. The molecule has 1 aliphatic carbocycles. The van der Waals surface area contributed by atoms with Gasteiger partial charge in [-0.1, -0.05) is 6.92 Å². The summed E-state index contributed by atoms with van der Waals surface area (Å²) in [5.74, 6) is -6.34. The minimum Gasteiger partial charge on any atom is -0.337 e. The van der Waals surface area contributed by atoms with Gasteiger partial charge >= 0.3 is 6.18 Å². The van der Waals surface area contributed by atoms with Gasteiger partial charge in [-0.2, -0.15) is 18.3 Å². The molecule has 4 rings (SSSR count). The molecule has 1 saturated heterocycles. The zero-order valence-electron chi connectivity index (χ0n) is 17.6. The smallest absolute Gasteiger partial charge is 0.337 e. The fourth-order valence-electron chi connectivity index (χ4n) is 5.07. The molecule has 1 fully saturated rings. The Kier molecular flexibility index (Phi) is 5.62. The second kappa shape index (κ2) is 8.00. The summed E-state index contributed by atoms with van der Waals surface area (Å²) in [6.45, 7) is 3.87. The van der Waals surface area contributed by atoms with Crippen LogP contribution >= 0.6 is 0 Å². The van der Waals surface area contributed by atoms with E-state index < -0.39 is 41.2 Å². The summed E-state index contributed by atoms with van der Waals surface area (Å²) in [5.41, 5.74) is 0.112. The number of rotatable bonds is 2. The Labute approximate surface area is 181 Å². The largest absolute Gasteiger partial charge is 0.415 e. The van der Waals surface area contributed by atoms with Gasteiger partial charge in [0.1, 0.15) is 0 Å². The molecule has 0 bridgehead atoms. The fraction of sp³-hybridized carbons (Fsp3) is 0.571. The molecule has 6 nitrogen and oxygen atoms in total. The molecule has 0 radical (unpaired) electrons. The van der Waals surface area contributed by atoms with Crippen LogP contribution in [-0.2, 0) is 17.9 Å². The lowest BCUT2D eigenvalue weighted by Gasteiger charge is -2.40. The average Bonchev–Trinajstić information content (AvgIpc) is 3.30. The van der Waals surface area contributed by atoms with Gasteiger partial charge in [0.05, 0.1) is 24.4 Å². The molecule has 0 saturated carbocycles. The van der Waals surface area contributed by atoms with Crippen molar-refractivity contribution in [2.75, 3.05) is 13.1 Å². The van der Waals surface area contributed by atoms with Crippen molar-refractivity contribution in [1.29, 1.82) is 0 Å². The highest BCUT2D eigenvalue weighted by Gasteiger charge is 2.49. The summed E-state index contributed by atoms with van der Waals surface area (Å²) in [6.07, 6.45) is -3.61. The number of aromatic amines is 1. The Balaban J connectivity index is 1.47. The van der Waals surface area contributed by atoms with E-state index in [2.05, 4.69) is 10.2 Å². The second-order valence-electron chi connectivity index (χ2n) is 8.66. The van der Waals surface area contributed by atoms with Gasteiger partial charge < -0.3 is 9.80 Å². The van der Waals surface area contributed by atoms with Gasteiger partial charge in [0.15, 0.2) is 17.3 Å². The van der Waals surface area contributed by atoms with Crippen LogP contribution in [0.1, 0.15) is 48.4 Å². The van der Waals surface area contributed by atoms with E-state index in [1.165, 1.54) is 18.7 Å². The molecule has 174 valence electrons. The molecule has 11 heteroatoms. The normalized spacial score (nSPS) is 24.7. The van der Waals surface area contributed by atoms with Crippen molar-refractivity contribution < 1.29 is 31.5 Å². The summed E-state index contributed by atoms with van der Waals surface area (Å²) < 4.78 is 68.5. The van der Waals surface area contributed by atoms with Crippen molar-refractivity contribution >= 4 is 11.8 Å². The first kappa shape index (κ1) is 22.5. The third-order valence-electron chi connectivity index (χ3n) is 6.69. The Morgan fingerprint density at radius 2 is 1.78 bits per heavy atom. The summed E-state index contributed by atoms with van der Waals surface area (Å²) in [7, 11) is 0. The zero-order chi connectivity index (χ0) is 23.4. The maximum absolute atomic E-state index is 14.1. The standard InChI is InChI=1S/C21H23F5N4O2/c1-10-7-14(22)18(23)17(21(24,25)26)16(10)12-3-5-29(6-4-12)20(32)19-13-8-30(11(2)31)9-15(13)27-28-19/h7,10,12,16H,3-6,8-9H2,1-2H3,(H,27,28). The summed E-state index contributed by atoms with van der Waals surface area (Å²) >= 11 is 0. The molecule has 2 unspecified atom stereocenters. The third-order valence-corrected chi connectivity index (χ3v) is 6.69. The average molecular weight is 458 g/mol. The molecule has 3 aliphatic rings. The molecule has 1 aromatic heterocycles. The highest BCUT2D eigenvalue weighted by atomic mass is 19.4. The maximum atomic E-state index is 14.1. The number of aromatic nitrogens is 2. The molecule has 1 aromatic rings. The molecule has 2 aliphatic heterocycles. The van der Waals surface area contributed by atoms with Gasteiger partial charge in [-0.3, -0.25) is 14.7 Å². The Morgan fingerprint density at radius 3 is 2.38 bits per heavy atom. The number of carbonyl (C=O) groups excluding carboxylic acids is 2. The first-order chi connectivity index (χ1) is 15.0. The van der Waals surface area contributed by atoms with E-state index in [4.69, 9.17) is 0 Å². The highest BCUT2D eigenvalue weighted by molar-refractivity contribution is 5.94. The molecule has 1 N–H and O–H groups in total. The van der Waals surface area contributed by atoms with Crippen LogP contribution in [0.3, 0.4) is 0 Å². The number of piperidine rings is 1. The second-order valence-corrected chi connectivity index (χ2v) is 8.66. The third kappa shape index (κ3) is 3.81. The number of fused-ring (bicyclic) bond motifs is 1. The number of amides is 2. The van der Waals surface area contributed by atoms with E-state index >= 15 is 0 Å². The van der Waals surface area contributed by atoms with Crippen LogP contribution in [0, 0.1) is 17.8 Å². The molecule has 2 atom stereocenters. The number of carbonyl (C=O) groups is 2. The van der Waals surface area contributed by atoms with E-state index in [1.54, 1.807) is 4.90 Å². The van der Waals surface area contributed by atoms with Gasteiger partial charge in [0.25, 0.3) is 5.91 Å². The highest BCUT2D eigenvalue weighted by Crippen LogP contribution is 2.49. The number of likely N-dealkylation sites (tertiary alicyclic amines) is 1. The van der Waals surface area contributed by atoms with Crippen LogP contribution in [0.15, 0.2) is 23.3 Å². The summed E-state index contributed by atoms with van der Waals surface area (Å²) in [6, 6.07) is 0. The van der Waals surface area contributed by atoms with Crippen molar-refractivity contribution in [3.8, 4) is 0 Å². The number of alkyl halides is 3. The van der Waals surface area contributed by atoms with E-state index in [0.29, 0.717) is 17.8 Å². The first-order valence-electron chi connectivity index (χ1n) is 10.4. The SMILES string of the molecule is CC(=O)N1Cc2[nH]nc(C(=O)N3CCC(C4C(C(F)(F)F)=C(F)C(F)=CC4C)CC3)c2C1. The minimum absolute atomic E-state index is 0.123. The van der Waals surface area contributed by atoms with Gasteiger partial charge in [-0.15, -0.1) is 0 Å². The lowest BCUT2D eigenvalue weighted by atomic mass is 9.70. The predicted molar refractivity (Wildman–Crippen MR) is 103 cm³/mol. The van der Waals surface area contributed by atoms with Crippen LogP contribution in [0.5, 0.6) is 0 Å². The summed E-state index contributed by atoms with van der Waals surface area (Å²) in [5, 5.41) is 6.86. The molecular formula is C21H23F5N4O2. The van der Waals surface area contributed by atoms with E-state index in [-0.39, 0.29) is 50.0 Å². The monoisotopic (exact) mass is 458 g/mol. The number of hydrogen-bond donors (Lipinski definition) is 1. The van der Waals surface area contributed by atoms with Gasteiger partial charge in [-0.05, 0) is 30.8 Å². The van der Waals surface area contributed by atoms with E-state index in [0.717, 1.165) is 6.08 Å². The number of H-pyrrole nitrogens is 1. The number of nitrogens with zero attached hydrogens (tertiary/aromatic N) is 3. The van der Waals surface area contributed by atoms with Crippen LogP contribution in [0.2, 0.25) is 0 Å². The summed E-state index contributed by atoms with van der Waals surface area (Å²) in [4.78, 5) is 27.7. The molecule has 2 amide bonds. The van der Waals surface area contributed by atoms with Crippen molar-refractivity contribution in [2.24, 2.45) is 17.8 Å². The number of allylic oxidation sites excluding steroid dienone is 4. The fourth-order valence-corrected chi connectivity index (χ4v) is 5.07. The van der Waals surface area contributed by atoms with Crippen LogP contribution < -0.4 is 0 Å². The Hall–Kier alpha value is -2.72. The number of halogens is 5. The zero-order valence-corrected chi connectivity index (χ0v) is 17.6. The van der Waals surface area contributed by atoms with Crippen LogP contribution in [0.4, 0.5) is 22.0 Å². The van der Waals surface area contributed by atoms with Gasteiger partial charge in [0.2, 0.25) is 5.91 Å². The quantitative estimate of drug-likeness (QED) is 0.681.